The van der Waals surface area contributed by atoms with Crippen LogP contribution in [0.25, 0.3) is 10.2 Å². The molecular formula is C17H25N4OS+. The number of anilines is 1. The Labute approximate surface area is 141 Å². The number of nitrogens with zero attached hydrogens (tertiary/aromatic N) is 3. The molecule has 1 atom stereocenters. The molecule has 2 aromatic heterocycles. The van der Waals surface area contributed by atoms with Gasteiger partial charge >= 0.3 is 0 Å². The highest BCUT2D eigenvalue weighted by Gasteiger charge is 2.27. The van der Waals surface area contributed by atoms with Gasteiger partial charge in [0.2, 0.25) is 0 Å². The highest BCUT2D eigenvalue weighted by atomic mass is 32.1. The van der Waals surface area contributed by atoms with Crippen LogP contribution in [0, 0.1) is 5.92 Å². The first-order valence-electron chi connectivity index (χ1n) is 8.71. The van der Waals surface area contributed by atoms with Crippen LogP contribution >= 0.6 is 11.3 Å². The Morgan fingerprint density at radius 2 is 2.17 bits per heavy atom. The highest BCUT2D eigenvalue weighted by molar-refractivity contribution is 7.19. The molecule has 0 radical (unpaired) electrons. The Bertz CT molecular complexity index is 693. The van der Waals surface area contributed by atoms with E-state index in [0.717, 1.165) is 44.5 Å². The van der Waals surface area contributed by atoms with Crippen molar-refractivity contribution in [2.75, 3.05) is 44.2 Å². The summed E-state index contributed by atoms with van der Waals surface area (Å²) in [4.78, 5) is 15.8. The number of aryl methyl sites for hydroxylation is 1. The van der Waals surface area contributed by atoms with Crippen molar-refractivity contribution in [2.24, 2.45) is 5.92 Å². The van der Waals surface area contributed by atoms with E-state index in [4.69, 9.17) is 5.11 Å². The fourth-order valence-electron chi connectivity index (χ4n) is 3.95. The van der Waals surface area contributed by atoms with Crippen LogP contribution in [0.15, 0.2) is 6.33 Å². The molecule has 23 heavy (non-hydrogen) atoms. The monoisotopic (exact) mass is 333 g/mol. The molecule has 3 heterocycles. The third-order valence-corrected chi connectivity index (χ3v) is 6.50. The Balaban J connectivity index is 1.67. The smallest absolute Gasteiger partial charge is 0.141 e. The van der Waals surface area contributed by atoms with E-state index in [1.54, 1.807) is 6.33 Å². The van der Waals surface area contributed by atoms with Crippen molar-refractivity contribution in [3.05, 3.63) is 16.8 Å². The third kappa shape index (κ3) is 2.84. The molecule has 1 aliphatic carbocycles. The molecule has 6 heteroatoms. The number of hydrogen-bond donors (Lipinski definition) is 2. The highest BCUT2D eigenvalue weighted by Crippen LogP contribution is 2.40. The number of thiophene rings is 1. The second kappa shape index (κ2) is 6.34. The van der Waals surface area contributed by atoms with E-state index in [1.807, 2.05) is 11.3 Å². The Morgan fingerprint density at radius 3 is 2.96 bits per heavy atom. The van der Waals surface area contributed by atoms with E-state index in [-0.39, 0.29) is 6.61 Å². The summed E-state index contributed by atoms with van der Waals surface area (Å²) >= 11 is 1.87. The zero-order chi connectivity index (χ0) is 15.8. The lowest BCUT2D eigenvalue weighted by atomic mass is 9.88. The van der Waals surface area contributed by atoms with Crippen LogP contribution in [-0.4, -0.2) is 54.4 Å². The molecule has 124 valence electrons. The van der Waals surface area contributed by atoms with Crippen molar-refractivity contribution in [2.45, 2.75) is 26.2 Å². The lowest BCUT2D eigenvalue weighted by molar-refractivity contribution is -0.900. The second-order valence-electron chi connectivity index (χ2n) is 6.94. The Kier molecular flexibility index (Phi) is 4.22. The molecule has 0 spiro atoms. The maximum atomic E-state index is 9.12. The summed E-state index contributed by atoms with van der Waals surface area (Å²) in [5.74, 6) is 1.91. The van der Waals surface area contributed by atoms with Crippen molar-refractivity contribution in [1.29, 1.82) is 0 Å². The lowest BCUT2D eigenvalue weighted by Gasteiger charge is -2.33. The van der Waals surface area contributed by atoms with E-state index in [2.05, 4.69) is 21.8 Å². The maximum Gasteiger partial charge on any atom is 0.141 e. The molecule has 0 aromatic carbocycles. The number of fused-ring (bicyclic) bond motifs is 3. The summed E-state index contributed by atoms with van der Waals surface area (Å²) in [7, 11) is 0. The summed E-state index contributed by atoms with van der Waals surface area (Å²) in [5, 5.41) is 10.4. The topological polar surface area (TPSA) is 53.7 Å². The molecule has 2 aromatic rings. The number of quaternary nitrogens is 1. The minimum absolute atomic E-state index is 0.281. The number of rotatable bonds is 3. The van der Waals surface area contributed by atoms with Gasteiger partial charge in [-0.05, 0) is 30.7 Å². The average molecular weight is 333 g/mol. The molecule has 0 bridgehead atoms. The van der Waals surface area contributed by atoms with Crippen LogP contribution in [0.4, 0.5) is 5.82 Å². The number of nitrogens with one attached hydrogen (secondary N) is 1. The van der Waals surface area contributed by atoms with Crippen molar-refractivity contribution in [3.8, 4) is 0 Å². The van der Waals surface area contributed by atoms with E-state index in [1.165, 1.54) is 44.8 Å². The number of aliphatic hydroxyl groups is 1. The molecule has 0 unspecified atom stereocenters. The molecule has 1 aliphatic heterocycles. The van der Waals surface area contributed by atoms with Crippen LogP contribution < -0.4 is 9.80 Å². The summed E-state index contributed by atoms with van der Waals surface area (Å²) in [6, 6.07) is 0. The van der Waals surface area contributed by atoms with Gasteiger partial charge in [0.05, 0.1) is 38.2 Å². The van der Waals surface area contributed by atoms with E-state index in [0.29, 0.717) is 0 Å². The van der Waals surface area contributed by atoms with Crippen molar-refractivity contribution in [1.82, 2.24) is 9.97 Å². The van der Waals surface area contributed by atoms with Gasteiger partial charge in [-0.1, -0.05) is 6.92 Å². The SMILES string of the molecule is C[C@H]1CCc2sc3ncnc(N4CC[NH+](CCO)CC4)c3c2C1. The lowest BCUT2D eigenvalue weighted by Crippen LogP contribution is -3.15. The number of piperazine rings is 1. The van der Waals surface area contributed by atoms with Crippen molar-refractivity contribution in [3.63, 3.8) is 0 Å². The van der Waals surface area contributed by atoms with Crippen LogP contribution in [0.1, 0.15) is 23.8 Å². The van der Waals surface area contributed by atoms with Crippen LogP contribution in [-0.2, 0) is 12.8 Å². The fourth-order valence-corrected chi connectivity index (χ4v) is 5.13. The molecule has 2 N–H and O–H groups in total. The predicted octanol–water partition coefficient (Wildman–Crippen LogP) is 0.513. The van der Waals surface area contributed by atoms with Gasteiger partial charge in [0.25, 0.3) is 0 Å². The van der Waals surface area contributed by atoms with Gasteiger partial charge in [0.1, 0.15) is 23.5 Å². The minimum Gasteiger partial charge on any atom is -0.391 e. The zero-order valence-corrected chi connectivity index (χ0v) is 14.5. The zero-order valence-electron chi connectivity index (χ0n) is 13.7. The third-order valence-electron chi connectivity index (χ3n) is 5.30. The number of hydrogen-bond acceptors (Lipinski definition) is 5. The second-order valence-corrected chi connectivity index (χ2v) is 8.02. The molecule has 1 saturated heterocycles. The van der Waals surface area contributed by atoms with Crippen LogP contribution in [0.3, 0.4) is 0 Å². The summed E-state index contributed by atoms with van der Waals surface area (Å²) < 4.78 is 0. The number of aliphatic hydroxyl groups excluding tert-OH is 1. The quantitative estimate of drug-likeness (QED) is 0.860. The predicted molar refractivity (Wildman–Crippen MR) is 93.5 cm³/mol. The summed E-state index contributed by atoms with van der Waals surface area (Å²) in [6.07, 6.45) is 5.40. The Morgan fingerprint density at radius 1 is 1.35 bits per heavy atom. The Hall–Kier alpha value is -1.24. The molecule has 0 saturated carbocycles. The summed E-state index contributed by atoms with van der Waals surface area (Å²) in [5.41, 5.74) is 1.52. The standard InChI is InChI=1S/C17H24N4OS/c1-12-2-3-14-13(10-12)15-16(18-11-19-17(15)23-14)21-6-4-20(5-7-21)8-9-22/h11-12,22H,2-10H2,1H3/p+1/t12-/m0/s1. The molecule has 4 rings (SSSR count). The van der Waals surface area contributed by atoms with E-state index in [9.17, 15) is 0 Å². The van der Waals surface area contributed by atoms with E-state index < -0.39 is 0 Å². The minimum atomic E-state index is 0.281. The van der Waals surface area contributed by atoms with Gasteiger partial charge in [-0.2, -0.15) is 0 Å². The fraction of sp³-hybridized carbons (Fsp3) is 0.647. The first-order valence-corrected chi connectivity index (χ1v) is 9.52. The van der Waals surface area contributed by atoms with Crippen LogP contribution in [0.5, 0.6) is 0 Å². The maximum absolute atomic E-state index is 9.12. The van der Waals surface area contributed by atoms with Crippen LogP contribution in [0.2, 0.25) is 0 Å². The van der Waals surface area contributed by atoms with Crippen molar-refractivity contribution >= 4 is 27.4 Å². The van der Waals surface area contributed by atoms with Gasteiger partial charge in [0, 0.05) is 4.88 Å². The molecule has 0 amide bonds. The average Bonchev–Trinajstić information content (AvgIpc) is 2.94. The molecule has 1 fully saturated rings. The largest absolute Gasteiger partial charge is 0.391 e. The molecule has 5 nitrogen and oxygen atoms in total. The van der Waals surface area contributed by atoms with Gasteiger partial charge in [-0.15, -0.1) is 11.3 Å². The normalized spacial score (nSPS) is 22.5. The van der Waals surface area contributed by atoms with Gasteiger partial charge in [0.15, 0.2) is 0 Å². The van der Waals surface area contributed by atoms with Gasteiger partial charge in [-0.3, -0.25) is 0 Å². The molecular weight excluding hydrogens is 308 g/mol. The van der Waals surface area contributed by atoms with Gasteiger partial charge in [-0.25, -0.2) is 9.97 Å². The summed E-state index contributed by atoms with van der Waals surface area (Å²) in [6.45, 7) is 7.68. The number of aromatic nitrogens is 2. The van der Waals surface area contributed by atoms with Crippen molar-refractivity contribution < 1.29 is 10.0 Å². The first kappa shape index (κ1) is 15.3. The van der Waals surface area contributed by atoms with Gasteiger partial charge < -0.3 is 14.9 Å². The molecule has 2 aliphatic rings. The van der Waals surface area contributed by atoms with E-state index >= 15 is 0 Å². The first-order chi connectivity index (χ1) is 11.3.